The molecule has 1 heterocycles. The van der Waals surface area contributed by atoms with Crippen molar-refractivity contribution in [1.82, 2.24) is 4.31 Å². The van der Waals surface area contributed by atoms with E-state index in [0.29, 0.717) is 19.1 Å². The molecule has 48 valence electrons. The van der Waals surface area contributed by atoms with Crippen molar-refractivity contribution in [3.05, 3.63) is 7.05 Å². The summed E-state index contributed by atoms with van der Waals surface area (Å²) >= 11 is 0. The van der Waals surface area contributed by atoms with Crippen LogP contribution in [0.15, 0.2) is 0 Å². The van der Waals surface area contributed by atoms with Gasteiger partial charge in [0.05, 0.1) is 30.1 Å². The number of rotatable bonds is 0. The SMILES string of the molecule is [CH2-]N1COCCS1=O. The van der Waals surface area contributed by atoms with Crippen LogP contribution in [0, 0.1) is 7.05 Å². The zero-order valence-electron chi connectivity index (χ0n) is 4.50. The lowest BCUT2D eigenvalue weighted by Gasteiger charge is -2.27. The molecule has 1 atom stereocenters. The first-order valence-corrected chi connectivity index (χ1v) is 3.62. The molecule has 0 aromatic heterocycles. The normalized spacial score (nSPS) is 32.9. The van der Waals surface area contributed by atoms with E-state index in [1.807, 2.05) is 0 Å². The molecule has 0 spiro atoms. The van der Waals surface area contributed by atoms with Crippen molar-refractivity contribution in [2.45, 2.75) is 0 Å². The standard InChI is InChI=1S/C4H8NO2S/c1-5-4-7-2-3-8(5)6/h1-4H2/q-1. The monoisotopic (exact) mass is 134 g/mol. The van der Waals surface area contributed by atoms with Crippen molar-refractivity contribution in [3.8, 4) is 0 Å². The summed E-state index contributed by atoms with van der Waals surface area (Å²) in [5.41, 5.74) is 0. The number of hydrogen-bond acceptors (Lipinski definition) is 2. The van der Waals surface area contributed by atoms with Crippen LogP contribution in [0.2, 0.25) is 0 Å². The first-order chi connectivity index (χ1) is 3.80. The summed E-state index contributed by atoms with van der Waals surface area (Å²) in [5, 5.41) is 0. The molecule has 0 aliphatic carbocycles. The Morgan fingerprint density at radius 2 is 2.50 bits per heavy atom. The molecule has 3 nitrogen and oxygen atoms in total. The van der Waals surface area contributed by atoms with E-state index >= 15 is 0 Å². The predicted octanol–water partition coefficient (Wildman–Crippen LogP) is -0.269. The van der Waals surface area contributed by atoms with Gasteiger partial charge in [-0.15, -0.1) is 0 Å². The second-order valence-corrected chi connectivity index (χ2v) is 3.11. The van der Waals surface area contributed by atoms with E-state index in [1.165, 1.54) is 4.31 Å². The minimum Gasteiger partial charge on any atom is -0.367 e. The van der Waals surface area contributed by atoms with Crippen LogP contribution in [0.3, 0.4) is 0 Å². The third-order valence-electron chi connectivity index (χ3n) is 0.926. The lowest BCUT2D eigenvalue weighted by Crippen LogP contribution is -2.31. The smallest absolute Gasteiger partial charge is 0.0823 e. The van der Waals surface area contributed by atoms with Crippen LogP contribution >= 0.6 is 0 Å². The highest BCUT2D eigenvalue weighted by atomic mass is 32.2. The van der Waals surface area contributed by atoms with Gasteiger partial charge in [-0.1, -0.05) is 0 Å². The third kappa shape index (κ3) is 1.27. The number of hydrogen-bond donors (Lipinski definition) is 0. The summed E-state index contributed by atoms with van der Waals surface area (Å²) in [6, 6.07) is 0. The molecule has 0 aromatic carbocycles. The maximum atomic E-state index is 10.7. The van der Waals surface area contributed by atoms with Gasteiger partial charge in [0.25, 0.3) is 0 Å². The van der Waals surface area contributed by atoms with Crippen molar-refractivity contribution in [2.75, 3.05) is 19.1 Å². The highest BCUT2D eigenvalue weighted by Gasteiger charge is 2.06. The van der Waals surface area contributed by atoms with Gasteiger partial charge in [0.2, 0.25) is 0 Å². The summed E-state index contributed by atoms with van der Waals surface area (Å²) in [7, 11) is 2.60. The topological polar surface area (TPSA) is 29.5 Å². The van der Waals surface area contributed by atoms with Crippen LogP contribution in [0.1, 0.15) is 0 Å². The molecule has 0 N–H and O–H groups in total. The second-order valence-electron chi connectivity index (χ2n) is 1.54. The Morgan fingerprint density at radius 3 is 2.88 bits per heavy atom. The van der Waals surface area contributed by atoms with E-state index in [9.17, 15) is 4.21 Å². The zero-order valence-corrected chi connectivity index (χ0v) is 5.32. The first-order valence-electron chi connectivity index (χ1n) is 2.35. The van der Waals surface area contributed by atoms with Crippen LogP contribution in [-0.4, -0.2) is 27.6 Å². The van der Waals surface area contributed by atoms with Gasteiger partial charge in [0.1, 0.15) is 0 Å². The summed E-state index contributed by atoms with van der Waals surface area (Å²) < 4.78 is 17.0. The maximum absolute atomic E-state index is 10.7. The Morgan fingerprint density at radius 1 is 1.75 bits per heavy atom. The van der Waals surface area contributed by atoms with Gasteiger partial charge in [0.15, 0.2) is 0 Å². The molecule has 0 saturated carbocycles. The van der Waals surface area contributed by atoms with E-state index in [1.54, 1.807) is 0 Å². The quantitative estimate of drug-likeness (QED) is 0.427. The van der Waals surface area contributed by atoms with Crippen molar-refractivity contribution in [3.63, 3.8) is 0 Å². The Labute approximate surface area is 51.2 Å². The van der Waals surface area contributed by atoms with Gasteiger partial charge >= 0.3 is 0 Å². The van der Waals surface area contributed by atoms with E-state index in [2.05, 4.69) is 7.05 Å². The lowest BCUT2D eigenvalue weighted by molar-refractivity contribution is 0.0889. The molecule has 1 fully saturated rings. The highest BCUT2D eigenvalue weighted by molar-refractivity contribution is 7.82. The Balaban J connectivity index is 2.39. The first kappa shape index (κ1) is 6.19. The van der Waals surface area contributed by atoms with Crippen LogP contribution in [-0.2, 0) is 15.7 Å². The van der Waals surface area contributed by atoms with Crippen LogP contribution in [0.25, 0.3) is 0 Å². The van der Waals surface area contributed by atoms with Gasteiger partial charge in [0, 0.05) is 0 Å². The Hall–Kier alpha value is 0.0700. The van der Waals surface area contributed by atoms with Gasteiger partial charge < -0.3 is 9.04 Å². The lowest BCUT2D eigenvalue weighted by atomic mass is 10.8. The maximum Gasteiger partial charge on any atom is 0.0823 e. The molecule has 0 aromatic rings. The van der Waals surface area contributed by atoms with Crippen LogP contribution in [0.5, 0.6) is 0 Å². The highest BCUT2D eigenvalue weighted by Crippen LogP contribution is 1.99. The molecule has 0 radical (unpaired) electrons. The molecule has 0 bridgehead atoms. The Kier molecular flexibility index (Phi) is 1.99. The largest absolute Gasteiger partial charge is 0.367 e. The summed E-state index contributed by atoms with van der Waals surface area (Å²) in [4.78, 5) is 0. The summed E-state index contributed by atoms with van der Waals surface area (Å²) in [5.74, 6) is 0.587. The van der Waals surface area contributed by atoms with Crippen LogP contribution < -0.4 is 0 Å². The molecule has 1 saturated heterocycles. The van der Waals surface area contributed by atoms with Crippen LogP contribution in [0.4, 0.5) is 0 Å². The second kappa shape index (κ2) is 2.57. The third-order valence-corrected chi connectivity index (χ3v) is 2.12. The molecular formula is C4H8NO2S-. The van der Waals surface area contributed by atoms with E-state index in [0.717, 1.165) is 0 Å². The van der Waals surface area contributed by atoms with E-state index < -0.39 is 11.0 Å². The fraction of sp³-hybridized carbons (Fsp3) is 0.750. The molecular weight excluding hydrogens is 126 g/mol. The zero-order chi connectivity index (χ0) is 5.98. The van der Waals surface area contributed by atoms with Crippen molar-refractivity contribution in [2.24, 2.45) is 0 Å². The molecule has 1 rings (SSSR count). The van der Waals surface area contributed by atoms with E-state index in [4.69, 9.17) is 4.74 Å². The van der Waals surface area contributed by atoms with Gasteiger partial charge in [-0.2, -0.15) is 0 Å². The van der Waals surface area contributed by atoms with E-state index in [-0.39, 0.29) is 0 Å². The molecule has 8 heavy (non-hydrogen) atoms. The average molecular weight is 134 g/mol. The molecule has 1 aliphatic heterocycles. The van der Waals surface area contributed by atoms with Crippen molar-refractivity contribution >= 4 is 11.0 Å². The number of ether oxygens (including phenoxy) is 1. The predicted molar refractivity (Wildman–Crippen MR) is 31.0 cm³/mol. The average Bonchev–Trinajstić information content (AvgIpc) is 1.77. The fourth-order valence-corrected chi connectivity index (χ4v) is 1.20. The molecule has 1 unspecified atom stereocenters. The van der Waals surface area contributed by atoms with Crippen molar-refractivity contribution in [1.29, 1.82) is 0 Å². The molecule has 0 amide bonds. The summed E-state index contributed by atoms with van der Waals surface area (Å²) in [6.45, 7) is 0.991. The fourth-order valence-electron chi connectivity index (χ4n) is 0.484. The molecule has 4 heteroatoms. The number of nitrogens with zero attached hydrogens (tertiary/aromatic N) is 1. The Bertz CT molecular complexity index is 106. The minimum atomic E-state index is -0.888. The van der Waals surface area contributed by atoms with Gasteiger partial charge in [-0.25, -0.2) is 4.21 Å². The van der Waals surface area contributed by atoms with Gasteiger partial charge in [-0.3, -0.25) is 7.05 Å². The van der Waals surface area contributed by atoms with Gasteiger partial charge in [-0.05, 0) is 0 Å². The van der Waals surface area contributed by atoms with Crippen molar-refractivity contribution < 1.29 is 8.95 Å². The minimum absolute atomic E-state index is 0.395. The summed E-state index contributed by atoms with van der Waals surface area (Å²) in [6.07, 6.45) is 0. The molecule has 1 aliphatic rings.